The summed E-state index contributed by atoms with van der Waals surface area (Å²) < 4.78 is 66.2. The van der Waals surface area contributed by atoms with E-state index in [1.807, 2.05) is 11.4 Å². The van der Waals surface area contributed by atoms with Crippen molar-refractivity contribution in [2.45, 2.75) is 12.7 Å². The Kier molecular flexibility index (Phi) is 4.03. The van der Waals surface area contributed by atoms with Gasteiger partial charge in [0, 0.05) is 12.1 Å². The van der Waals surface area contributed by atoms with Crippen LogP contribution in [-0.4, -0.2) is 28.8 Å². The van der Waals surface area contributed by atoms with Crippen molar-refractivity contribution in [3.63, 3.8) is 0 Å². The molecule has 0 radical (unpaired) electrons. The third-order valence-corrected chi connectivity index (χ3v) is 3.75. The molecule has 1 aromatic carbocycles. The molecule has 1 aliphatic heterocycles. The summed E-state index contributed by atoms with van der Waals surface area (Å²) in [6.45, 7) is 0.456. The maximum absolute atomic E-state index is 13.6. The van der Waals surface area contributed by atoms with Gasteiger partial charge in [-0.1, -0.05) is 11.9 Å². The Morgan fingerprint density at radius 3 is 2.21 bits per heavy atom. The Morgan fingerprint density at radius 2 is 1.79 bits per heavy atom. The molecule has 0 unspecified atom stereocenters. The molecule has 2 nitrogen and oxygen atoms in total. The molecule has 0 bridgehead atoms. The quantitative estimate of drug-likeness (QED) is 0.611. The highest BCUT2D eigenvalue weighted by Gasteiger charge is 2.33. The zero-order chi connectivity index (χ0) is 14.2. The summed E-state index contributed by atoms with van der Waals surface area (Å²) in [7, 11) is 1.82. The first-order chi connectivity index (χ1) is 8.77. The molecule has 0 spiro atoms. The highest BCUT2D eigenvalue weighted by Crippen LogP contribution is 2.32. The molecule has 19 heavy (non-hydrogen) atoms. The van der Waals surface area contributed by atoms with E-state index in [0.29, 0.717) is 24.7 Å². The van der Waals surface area contributed by atoms with Crippen LogP contribution in [0.5, 0.6) is 0 Å². The maximum atomic E-state index is 13.6. The molecule has 1 aromatic rings. The van der Waals surface area contributed by atoms with Crippen molar-refractivity contribution >= 4 is 11.9 Å². The van der Waals surface area contributed by atoms with E-state index in [-0.39, 0.29) is 12.1 Å². The number of rotatable bonds is 2. The summed E-state index contributed by atoms with van der Waals surface area (Å²) in [5.41, 5.74) is -1.64. The normalized spacial score (nSPS) is 18.2. The molecular formula is C11H11F5N2S. The second-order valence-corrected chi connectivity index (χ2v) is 5.41. The van der Waals surface area contributed by atoms with Crippen LogP contribution in [0.2, 0.25) is 0 Å². The lowest BCUT2D eigenvalue weighted by molar-refractivity contribution is -0.138. The summed E-state index contributed by atoms with van der Waals surface area (Å²) in [6.07, 6.45) is -4.75. The maximum Gasteiger partial charge on any atom is 0.416 e. The number of hydrogen-bond donors (Lipinski definition) is 0. The molecule has 1 fully saturated rings. The van der Waals surface area contributed by atoms with Crippen LogP contribution in [0.25, 0.3) is 0 Å². The topological polar surface area (TPSA) is 6.48 Å². The molecule has 0 aliphatic carbocycles. The molecule has 0 saturated carbocycles. The highest BCUT2D eigenvalue weighted by molar-refractivity contribution is 7.97. The Hall–Kier alpha value is -0.860. The van der Waals surface area contributed by atoms with Crippen molar-refractivity contribution < 1.29 is 22.0 Å². The number of halogens is 5. The predicted molar refractivity (Wildman–Crippen MR) is 62.0 cm³/mol. The van der Waals surface area contributed by atoms with Gasteiger partial charge in [-0.15, -0.1) is 0 Å². The van der Waals surface area contributed by atoms with E-state index in [2.05, 4.69) is 0 Å². The molecule has 0 atom stereocenters. The van der Waals surface area contributed by atoms with Gasteiger partial charge in [0.15, 0.2) is 0 Å². The smallest absolute Gasteiger partial charge is 0.275 e. The van der Waals surface area contributed by atoms with Crippen LogP contribution in [0.1, 0.15) is 11.1 Å². The minimum atomic E-state index is -4.75. The number of nitrogens with zero attached hydrogens (tertiary/aromatic N) is 2. The summed E-state index contributed by atoms with van der Waals surface area (Å²) in [4.78, 5) is 1.74. The molecule has 0 aromatic heterocycles. The fourth-order valence-corrected chi connectivity index (χ4v) is 2.56. The standard InChI is InChI=1S/C11H11F5N2S/c1-17-5-18(6-19-17)4-8-9(12)2-7(3-10(8)13)11(14,15)16/h2-3H,4-6H2,1H3. The lowest BCUT2D eigenvalue weighted by Crippen LogP contribution is -2.24. The fourth-order valence-electron chi connectivity index (χ4n) is 1.78. The summed E-state index contributed by atoms with van der Waals surface area (Å²) >= 11 is 1.48. The second-order valence-electron chi connectivity index (χ2n) is 4.27. The van der Waals surface area contributed by atoms with E-state index < -0.39 is 23.4 Å². The molecule has 2 rings (SSSR count). The first kappa shape index (κ1) is 14.5. The largest absolute Gasteiger partial charge is 0.416 e. The lowest BCUT2D eigenvalue weighted by Gasteiger charge is -2.16. The highest BCUT2D eigenvalue weighted by atomic mass is 32.2. The van der Waals surface area contributed by atoms with Crippen LogP contribution >= 0.6 is 11.9 Å². The second kappa shape index (κ2) is 5.26. The van der Waals surface area contributed by atoms with Gasteiger partial charge in [0.05, 0.1) is 18.1 Å². The van der Waals surface area contributed by atoms with Crippen LogP contribution in [0.3, 0.4) is 0 Å². The van der Waals surface area contributed by atoms with Crippen molar-refractivity contribution in [3.8, 4) is 0 Å². The molecular weight excluding hydrogens is 287 g/mol. The molecule has 8 heteroatoms. The van der Waals surface area contributed by atoms with Crippen LogP contribution in [-0.2, 0) is 12.7 Å². The van der Waals surface area contributed by atoms with E-state index >= 15 is 0 Å². The number of hydrogen-bond acceptors (Lipinski definition) is 3. The monoisotopic (exact) mass is 298 g/mol. The van der Waals surface area contributed by atoms with Crippen LogP contribution < -0.4 is 0 Å². The number of alkyl halides is 3. The van der Waals surface area contributed by atoms with Crippen LogP contribution in [0.15, 0.2) is 12.1 Å². The molecule has 1 heterocycles. The SMILES string of the molecule is CN1CN(Cc2c(F)cc(C(F)(F)F)cc2F)CS1. The van der Waals surface area contributed by atoms with Crippen molar-refractivity contribution in [1.29, 1.82) is 0 Å². The third kappa shape index (κ3) is 3.37. The van der Waals surface area contributed by atoms with Gasteiger partial charge in [0.1, 0.15) is 11.6 Å². The van der Waals surface area contributed by atoms with E-state index in [4.69, 9.17) is 0 Å². The van der Waals surface area contributed by atoms with E-state index in [9.17, 15) is 22.0 Å². The van der Waals surface area contributed by atoms with Gasteiger partial charge in [0.2, 0.25) is 0 Å². The number of benzene rings is 1. The molecule has 0 N–H and O–H groups in total. The lowest BCUT2D eigenvalue weighted by atomic mass is 10.1. The van der Waals surface area contributed by atoms with Gasteiger partial charge in [0.25, 0.3) is 0 Å². The van der Waals surface area contributed by atoms with Gasteiger partial charge in [-0.2, -0.15) is 13.2 Å². The van der Waals surface area contributed by atoms with Crippen LogP contribution in [0.4, 0.5) is 22.0 Å². The molecule has 1 saturated heterocycles. The first-order valence-electron chi connectivity index (χ1n) is 5.39. The van der Waals surface area contributed by atoms with E-state index in [1.54, 1.807) is 4.90 Å². The Balaban J connectivity index is 2.22. The molecule has 1 aliphatic rings. The average Bonchev–Trinajstić information content (AvgIpc) is 2.68. The Morgan fingerprint density at radius 1 is 1.21 bits per heavy atom. The first-order valence-corrected chi connectivity index (χ1v) is 6.33. The Labute approximate surface area is 111 Å². The van der Waals surface area contributed by atoms with Gasteiger partial charge in [-0.05, 0) is 19.2 Å². The summed E-state index contributed by atoms with van der Waals surface area (Å²) in [5.74, 6) is -1.77. The van der Waals surface area contributed by atoms with Crippen molar-refractivity contribution in [2.75, 3.05) is 19.6 Å². The summed E-state index contributed by atoms with van der Waals surface area (Å²) in [5, 5.41) is 0. The van der Waals surface area contributed by atoms with Gasteiger partial charge < -0.3 is 0 Å². The zero-order valence-electron chi connectivity index (χ0n) is 9.97. The minimum absolute atomic E-state index is 0.0485. The van der Waals surface area contributed by atoms with Crippen molar-refractivity contribution in [3.05, 3.63) is 34.9 Å². The van der Waals surface area contributed by atoms with Gasteiger partial charge in [-0.25, -0.2) is 13.1 Å². The van der Waals surface area contributed by atoms with Crippen molar-refractivity contribution in [2.24, 2.45) is 0 Å². The fraction of sp³-hybridized carbons (Fsp3) is 0.455. The molecule has 0 amide bonds. The van der Waals surface area contributed by atoms with Gasteiger partial charge >= 0.3 is 6.18 Å². The summed E-state index contributed by atoms with van der Waals surface area (Å²) in [6, 6.07) is 0.677. The van der Waals surface area contributed by atoms with E-state index in [0.717, 1.165) is 0 Å². The zero-order valence-corrected chi connectivity index (χ0v) is 10.8. The average molecular weight is 298 g/mol. The van der Waals surface area contributed by atoms with Gasteiger partial charge in [-0.3, -0.25) is 4.90 Å². The minimum Gasteiger partial charge on any atom is -0.275 e. The van der Waals surface area contributed by atoms with Crippen molar-refractivity contribution in [1.82, 2.24) is 9.21 Å². The predicted octanol–water partition coefficient (Wildman–Crippen LogP) is 3.29. The Bertz CT molecular complexity index is 454. The third-order valence-electron chi connectivity index (χ3n) is 2.71. The molecule has 106 valence electrons. The van der Waals surface area contributed by atoms with E-state index in [1.165, 1.54) is 11.9 Å². The van der Waals surface area contributed by atoms with Crippen LogP contribution in [0, 0.1) is 11.6 Å².